The quantitative estimate of drug-likeness (QED) is 0.408. The highest BCUT2D eigenvalue weighted by Crippen LogP contribution is 2.44. The van der Waals surface area contributed by atoms with Gasteiger partial charge in [0.15, 0.2) is 0 Å². The number of rotatable bonds is 2. The topological polar surface area (TPSA) is 0 Å². The van der Waals surface area contributed by atoms with Crippen molar-refractivity contribution in [3.8, 4) is 0 Å². The van der Waals surface area contributed by atoms with Crippen LogP contribution in [-0.4, -0.2) is 6.26 Å². The average molecular weight is 329 g/mol. The van der Waals surface area contributed by atoms with E-state index in [4.69, 9.17) is 0 Å². The second-order valence-electron chi connectivity index (χ2n) is 8.87. The van der Waals surface area contributed by atoms with Crippen molar-refractivity contribution in [3.05, 3.63) is 47.1 Å². The first-order valence-electron chi connectivity index (χ1n) is 8.64. The van der Waals surface area contributed by atoms with Crippen molar-refractivity contribution in [1.82, 2.24) is 0 Å². The monoisotopic (exact) mass is 328 g/mol. The molecule has 0 aromatic heterocycles. The van der Waals surface area contributed by atoms with E-state index in [-0.39, 0.29) is 5.41 Å². The fourth-order valence-corrected chi connectivity index (χ4v) is 3.49. The fourth-order valence-electron chi connectivity index (χ4n) is 3.08. The fraction of sp³-hybridized carbons (Fsp3) is 0.545. The summed E-state index contributed by atoms with van der Waals surface area (Å²) in [4.78, 5) is 1.33. The lowest BCUT2D eigenvalue weighted by Gasteiger charge is -2.37. The second kappa shape index (κ2) is 6.89. The standard InChI is InChI=1S/C22H32S/c1-21(2,3)18-13-17(14-19(15-18)22(4,5)6)12-16-8-10-20(23-7)11-9-16/h8-12,15,18H,13-14H2,1-7H3. The predicted molar refractivity (Wildman–Crippen MR) is 106 cm³/mol. The van der Waals surface area contributed by atoms with Gasteiger partial charge in [-0.15, -0.1) is 11.8 Å². The molecule has 23 heavy (non-hydrogen) atoms. The summed E-state index contributed by atoms with van der Waals surface area (Å²) in [6, 6.07) is 8.95. The molecule has 0 nitrogen and oxygen atoms in total. The molecule has 2 rings (SSSR count). The Hall–Kier alpha value is -0.950. The SMILES string of the molecule is CSc1ccc(C=C2CC(C(C)(C)C)=CC(C(C)(C)C)C2)cc1. The van der Waals surface area contributed by atoms with E-state index in [0.717, 1.165) is 6.42 Å². The van der Waals surface area contributed by atoms with E-state index in [1.807, 2.05) is 0 Å². The molecule has 0 radical (unpaired) electrons. The summed E-state index contributed by atoms with van der Waals surface area (Å²) < 4.78 is 0. The molecule has 0 saturated heterocycles. The molecule has 0 N–H and O–H groups in total. The van der Waals surface area contributed by atoms with E-state index in [1.54, 1.807) is 22.9 Å². The van der Waals surface area contributed by atoms with Crippen LogP contribution in [0.15, 0.2) is 46.4 Å². The maximum absolute atomic E-state index is 2.56. The van der Waals surface area contributed by atoms with E-state index in [0.29, 0.717) is 11.3 Å². The lowest BCUT2D eigenvalue weighted by atomic mass is 9.68. The summed E-state index contributed by atoms with van der Waals surface area (Å²) in [5.74, 6) is 0.627. The normalized spacial score (nSPS) is 21.4. The maximum Gasteiger partial charge on any atom is 0.00695 e. The van der Waals surface area contributed by atoms with Gasteiger partial charge in [0, 0.05) is 4.90 Å². The third kappa shape index (κ3) is 5.01. The van der Waals surface area contributed by atoms with E-state index in [9.17, 15) is 0 Å². The Kier molecular flexibility index (Phi) is 5.51. The molecule has 1 aliphatic carbocycles. The number of hydrogen-bond acceptors (Lipinski definition) is 1. The minimum Gasteiger partial charge on any atom is -0.130 e. The molecule has 0 heterocycles. The number of hydrogen-bond donors (Lipinski definition) is 0. The van der Waals surface area contributed by atoms with Gasteiger partial charge in [-0.2, -0.15) is 0 Å². The minimum atomic E-state index is 0.256. The van der Waals surface area contributed by atoms with Crippen LogP contribution in [0.1, 0.15) is 59.9 Å². The Balaban J connectivity index is 2.32. The van der Waals surface area contributed by atoms with Crippen LogP contribution < -0.4 is 0 Å². The number of allylic oxidation sites excluding steroid dienone is 3. The van der Waals surface area contributed by atoms with Gasteiger partial charge in [0.1, 0.15) is 0 Å². The predicted octanol–water partition coefficient (Wildman–Crippen LogP) is 7.22. The van der Waals surface area contributed by atoms with Crippen molar-refractivity contribution in [2.24, 2.45) is 16.7 Å². The van der Waals surface area contributed by atoms with E-state index < -0.39 is 0 Å². The molecule has 1 atom stereocenters. The lowest BCUT2D eigenvalue weighted by molar-refractivity contribution is 0.277. The highest BCUT2D eigenvalue weighted by Gasteiger charge is 2.30. The zero-order valence-electron chi connectivity index (χ0n) is 15.9. The zero-order valence-corrected chi connectivity index (χ0v) is 16.7. The largest absolute Gasteiger partial charge is 0.130 e. The van der Waals surface area contributed by atoms with Crippen LogP contribution in [0.5, 0.6) is 0 Å². The van der Waals surface area contributed by atoms with Crippen molar-refractivity contribution >= 4 is 17.8 Å². The summed E-state index contributed by atoms with van der Waals surface area (Å²) in [5, 5.41) is 0. The molecule has 1 aromatic rings. The Bertz CT molecular complexity index is 588. The number of benzene rings is 1. The van der Waals surface area contributed by atoms with Gasteiger partial charge in [-0.3, -0.25) is 0 Å². The molecule has 126 valence electrons. The highest BCUT2D eigenvalue weighted by molar-refractivity contribution is 7.98. The maximum atomic E-state index is 2.56. The molecule has 0 fully saturated rings. The summed E-state index contributed by atoms with van der Waals surface area (Å²) in [7, 11) is 0. The Labute approximate surface area is 147 Å². The van der Waals surface area contributed by atoms with Gasteiger partial charge in [0.25, 0.3) is 0 Å². The smallest absolute Gasteiger partial charge is 0.00695 e. The van der Waals surface area contributed by atoms with E-state index in [2.05, 4.69) is 84.2 Å². The van der Waals surface area contributed by atoms with E-state index in [1.165, 1.54) is 16.9 Å². The van der Waals surface area contributed by atoms with Gasteiger partial charge < -0.3 is 0 Å². The summed E-state index contributed by atoms with van der Waals surface area (Å²) in [5.41, 5.74) is 5.08. The summed E-state index contributed by atoms with van der Waals surface area (Å²) >= 11 is 1.80. The van der Waals surface area contributed by atoms with Crippen LogP contribution in [0, 0.1) is 16.7 Å². The molecule has 0 amide bonds. The third-order valence-corrected chi connectivity index (χ3v) is 5.61. The Morgan fingerprint density at radius 1 is 1.00 bits per heavy atom. The van der Waals surface area contributed by atoms with Crippen molar-refractivity contribution in [1.29, 1.82) is 0 Å². The van der Waals surface area contributed by atoms with Gasteiger partial charge in [0.05, 0.1) is 0 Å². The zero-order chi connectivity index (χ0) is 17.3. The first-order chi connectivity index (χ1) is 10.6. The highest BCUT2D eigenvalue weighted by atomic mass is 32.2. The molecule has 0 aliphatic heterocycles. The van der Waals surface area contributed by atoms with Crippen molar-refractivity contribution in [3.63, 3.8) is 0 Å². The summed E-state index contributed by atoms with van der Waals surface area (Å²) in [6.45, 7) is 14.1. The van der Waals surface area contributed by atoms with Crippen LogP contribution in [-0.2, 0) is 0 Å². The Morgan fingerprint density at radius 2 is 1.61 bits per heavy atom. The molecule has 1 unspecified atom stereocenters. The molecular formula is C22H32S. The van der Waals surface area contributed by atoms with Crippen LogP contribution in [0.4, 0.5) is 0 Å². The molecule has 1 heteroatoms. The minimum absolute atomic E-state index is 0.256. The van der Waals surface area contributed by atoms with Crippen LogP contribution in [0.2, 0.25) is 0 Å². The van der Waals surface area contributed by atoms with Crippen molar-refractivity contribution < 1.29 is 0 Å². The average Bonchev–Trinajstić information content (AvgIpc) is 2.46. The van der Waals surface area contributed by atoms with E-state index >= 15 is 0 Å². The molecule has 1 aromatic carbocycles. The van der Waals surface area contributed by atoms with Gasteiger partial charge in [-0.05, 0) is 53.5 Å². The summed E-state index contributed by atoms with van der Waals surface area (Å²) in [6.07, 6.45) is 9.42. The molecule has 1 aliphatic rings. The van der Waals surface area contributed by atoms with Gasteiger partial charge >= 0.3 is 0 Å². The van der Waals surface area contributed by atoms with Gasteiger partial charge in [-0.25, -0.2) is 0 Å². The van der Waals surface area contributed by atoms with Crippen LogP contribution in [0.3, 0.4) is 0 Å². The van der Waals surface area contributed by atoms with Crippen molar-refractivity contribution in [2.45, 2.75) is 59.3 Å². The second-order valence-corrected chi connectivity index (χ2v) is 9.75. The first kappa shape index (κ1) is 18.4. The Morgan fingerprint density at radius 3 is 2.09 bits per heavy atom. The first-order valence-corrected chi connectivity index (χ1v) is 9.87. The lowest BCUT2D eigenvalue weighted by Crippen LogP contribution is -2.25. The number of thioether (sulfide) groups is 1. The molecule has 0 saturated carbocycles. The van der Waals surface area contributed by atoms with Gasteiger partial charge in [0.2, 0.25) is 0 Å². The molecule has 0 spiro atoms. The van der Waals surface area contributed by atoms with Crippen molar-refractivity contribution in [2.75, 3.05) is 6.26 Å². The van der Waals surface area contributed by atoms with Crippen LogP contribution in [0.25, 0.3) is 6.08 Å². The molecular weight excluding hydrogens is 296 g/mol. The molecule has 0 bridgehead atoms. The third-order valence-electron chi connectivity index (χ3n) is 4.86. The van der Waals surface area contributed by atoms with Crippen LogP contribution >= 0.6 is 11.8 Å². The van der Waals surface area contributed by atoms with Gasteiger partial charge in [-0.1, -0.05) is 77.0 Å².